The summed E-state index contributed by atoms with van der Waals surface area (Å²) in [5, 5.41) is 4.98. The Hall–Kier alpha value is -0.450. The van der Waals surface area contributed by atoms with Gasteiger partial charge in [-0.3, -0.25) is 0 Å². The lowest BCUT2D eigenvalue weighted by atomic mass is 9.91. The topological polar surface area (TPSA) is 28.2 Å². The number of nitrogens with zero attached hydrogens (tertiary/aromatic N) is 2. The number of piperidine rings is 1. The number of likely N-dealkylation sites (tertiary alicyclic amines) is 1. The Morgan fingerprint density at radius 2 is 2.30 bits per heavy atom. The molecular formula is C16H29N3S. The van der Waals surface area contributed by atoms with Crippen molar-refractivity contribution in [3.63, 3.8) is 0 Å². The third kappa shape index (κ3) is 4.27. The van der Waals surface area contributed by atoms with E-state index >= 15 is 0 Å². The minimum atomic E-state index is 0.366. The van der Waals surface area contributed by atoms with Gasteiger partial charge in [-0.2, -0.15) is 0 Å². The van der Waals surface area contributed by atoms with Gasteiger partial charge in [-0.15, -0.1) is 11.3 Å². The molecule has 3 nitrogen and oxygen atoms in total. The van der Waals surface area contributed by atoms with Gasteiger partial charge in [0.25, 0.3) is 0 Å². The molecule has 1 aromatic rings. The SMILES string of the molecule is CCCN1CCCC(C(C)NC(C)c2ncc(C)s2)C1. The normalized spacial score (nSPS) is 23.7. The van der Waals surface area contributed by atoms with Crippen LogP contribution >= 0.6 is 11.3 Å². The van der Waals surface area contributed by atoms with E-state index in [9.17, 15) is 0 Å². The zero-order valence-corrected chi connectivity index (χ0v) is 14.2. The molecule has 0 aliphatic carbocycles. The Labute approximate surface area is 127 Å². The average molecular weight is 295 g/mol. The molecule has 0 amide bonds. The highest BCUT2D eigenvalue weighted by Crippen LogP contribution is 2.24. The van der Waals surface area contributed by atoms with Gasteiger partial charge in [-0.1, -0.05) is 6.92 Å². The van der Waals surface area contributed by atoms with Gasteiger partial charge in [0.2, 0.25) is 0 Å². The lowest BCUT2D eigenvalue weighted by molar-refractivity contribution is 0.147. The quantitative estimate of drug-likeness (QED) is 0.869. The standard InChI is InChI=1S/C16H29N3S/c1-5-8-19-9-6-7-15(11-19)13(3)18-14(4)16-17-10-12(2)20-16/h10,13-15,18H,5-9,11H2,1-4H3. The smallest absolute Gasteiger partial charge is 0.109 e. The molecular weight excluding hydrogens is 266 g/mol. The first-order valence-electron chi connectivity index (χ1n) is 8.01. The predicted octanol–water partition coefficient (Wildman–Crippen LogP) is 3.61. The first-order valence-corrected chi connectivity index (χ1v) is 8.82. The van der Waals surface area contributed by atoms with Crippen molar-refractivity contribution >= 4 is 11.3 Å². The largest absolute Gasteiger partial charge is 0.305 e. The number of thiazole rings is 1. The van der Waals surface area contributed by atoms with Crippen molar-refractivity contribution < 1.29 is 0 Å². The molecule has 1 aliphatic heterocycles. The Bertz CT molecular complexity index is 402. The van der Waals surface area contributed by atoms with Crippen LogP contribution in [0.25, 0.3) is 0 Å². The molecule has 3 unspecified atom stereocenters. The van der Waals surface area contributed by atoms with Gasteiger partial charge >= 0.3 is 0 Å². The second kappa shape index (κ2) is 7.53. The fourth-order valence-corrected chi connectivity index (χ4v) is 3.98. The number of hydrogen-bond donors (Lipinski definition) is 1. The zero-order valence-electron chi connectivity index (χ0n) is 13.4. The van der Waals surface area contributed by atoms with Crippen LogP contribution in [0.4, 0.5) is 0 Å². The predicted molar refractivity (Wildman–Crippen MR) is 87.3 cm³/mol. The van der Waals surface area contributed by atoms with E-state index in [4.69, 9.17) is 0 Å². The van der Waals surface area contributed by atoms with Gasteiger partial charge in [0, 0.05) is 23.7 Å². The van der Waals surface area contributed by atoms with Crippen molar-refractivity contribution in [3.8, 4) is 0 Å². The highest BCUT2D eigenvalue weighted by atomic mass is 32.1. The number of nitrogens with one attached hydrogen (secondary N) is 1. The van der Waals surface area contributed by atoms with Crippen LogP contribution in [0.5, 0.6) is 0 Å². The second-order valence-corrected chi connectivity index (χ2v) is 7.46. The number of aromatic nitrogens is 1. The summed E-state index contributed by atoms with van der Waals surface area (Å²) < 4.78 is 0. The Balaban J connectivity index is 1.85. The monoisotopic (exact) mass is 295 g/mol. The summed E-state index contributed by atoms with van der Waals surface area (Å²) >= 11 is 1.81. The van der Waals surface area contributed by atoms with Crippen LogP contribution in [0.15, 0.2) is 6.20 Å². The van der Waals surface area contributed by atoms with E-state index in [-0.39, 0.29) is 0 Å². The summed E-state index contributed by atoms with van der Waals surface area (Å²) in [6, 6.07) is 0.930. The molecule has 4 heteroatoms. The van der Waals surface area contributed by atoms with E-state index in [1.165, 1.54) is 48.8 Å². The van der Waals surface area contributed by atoms with Crippen molar-refractivity contribution in [1.29, 1.82) is 0 Å². The lowest BCUT2D eigenvalue weighted by Crippen LogP contribution is -2.45. The molecule has 0 bridgehead atoms. The summed E-state index contributed by atoms with van der Waals surface area (Å²) in [5.41, 5.74) is 0. The molecule has 20 heavy (non-hydrogen) atoms. The van der Waals surface area contributed by atoms with E-state index in [0.717, 1.165) is 5.92 Å². The van der Waals surface area contributed by atoms with E-state index in [1.54, 1.807) is 0 Å². The third-order valence-corrected chi connectivity index (χ3v) is 5.41. The molecule has 0 saturated carbocycles. The van der Waals surface area contributed by atoms with Crippen molar-refractivity contribution in [2.24, 2.45) is 5.92 Å². The van der Waals surface area contributed by atoms with Gasteiger partial charge in [-0.25, -0.2) is 4.98 Å². The molecule has 2 heterocycles. The van der Waals surface area contributed by atoms with Crippen LogP contribution in [0.3, 0.4) is 0 Å². The maximum atomic E-state index is 4.50. The molecule has 1 aliphatic rings. The van der Waals surface area contributed by atoms with Crippen molar-refractivity contribution in [1.82, 2.24) is 15.2 Å². The van der Waals surface area contributed by atoms with Crippen molar-refractivity contribution in [2.45, 2.75) is 59.0 Å². The van der Waals surface area contributed by atoms with Gasteiger partial charge in [0.05, 0.1) is 6.04 Å². The minimum absolute atomic E-state index is 0.366. The van der Waals surface area contributed by atoms with E-state index in [0.29, 0.717) is 12.1 Å². The molecule has 1 aromatic heterocycles. The number of rotatable bonds is 6. The van der Waals surface area contributed by atoms with Gasteiger partial charge in [0.15, 0.2) is 0 Å². The minimum Gasteiger partial charge on any atom is -0.305 e. The van der Waals surface area contributed by atoms with Crippen LogP contribution < -0.4 is 5.32 Å². The summed E-state index contributed by atoms with van der Waals surface area (Å²) in [5.74, 6) is 0.777. The lowest BCUT2D eigenvalue weighted by Gasteiger charge is -2.36. The Morgan fingerprint density at radius 1 is 1.50 bits per heavy atom. The van der Waals surface area contributed by atoms with Crippen molar-refractivity contribution in [2.75, 3.05) is 19.6 Å². The van der Waals surface area contributed by atoms with Crippen molar-refractivity contribution in [3.05, 3.63) is 16.1 Å². The van der Waals surface area contributed by atoms with Crippen LogP contribution in [-0.4, -0.2) is 35.6 Å². The molecule has 3 atom stereocenters. The van der Waals surface area contributed by atoms with Crippen LogP contribution in [0, 0.1) is 12.8 Å². The molecule has 1 fully saturated rings. The molecule has 0 aromatic carbocycles. The molecule has 114 valence electrons. The molecule has 1 saturated heterocycles. The highest BCUT2D eigenvalue weighted by Gasteiger charge is 2.25. The summed E-state index contributed by atoms with van der Waals surface area (Å²) in [6.45, 7) is 12.8. The highest BCUT2D eigenvalue weighted by molar-refractivity contribution is 7.11. The van der Waals surface area contributed by atoms with Gasteiger partial charge in [0.1, 0.15) is 5.01 Å². The van der Waals surface area contributed by atoms with E-state index < -0.39 is 0 Å². The maximum Gasteiger partial charge on any atom is 0.109 e. The van der Waals surface area contributed by atoms with E-state index in [1.807, 2.05) is 17.5 Å². The van der Waals surface area contributed by atoms with Crippen LogP contribution in [-0.2, 0) is 0 Å². The summed E-state index contributed by atoms with van der Waals surface area (Å²) in [7, 11) is 0. The molecule has 0 spiro atoms. The zero-order chi connectivity index (χ0) is 14.5. The van der Waals surface area contributed by atoms with Gasteiger partial charge < -0.3 is 10.2 Å². The average Bonchev–Trinajstić information content (AvgIpc) is 2.86. The third-order valence-electron chi connectivity index (χ3n) is 4.31. The summed E-state index contributed by atoms with van der Waals surface area (Å²) in [6.07, 6.45) is 5.95. The second-order valence-electron chi connectivity index (χ2n) is 6.19. The Kier molecular flexibility index (Phi) is 6.00. The molecule has 0 radical (unpaired) electrons. The maximum absolute atomic E-state index is 4.50. The molecule has 2 rings (SSSR count). The van der Waals surface area contributed by atoms with E-state index in [2.05, 4.69) is 42.9 Å². The molecule has 1 N–H and O–H groups in total. The van der Waals surface area contributed by atoms with Gasteiger partial charge in [-0.05, 0) is 59.0 Å². The first-order chi connectivity index (χ1) is 9.60. The fraction of sp³-hybridized carbons (Fsp3) is 0.812. The van der Waals surface area contributed by atoms with Crippen LogP contribution in [0.2, 0.25) is 0 Å². The summed E-state index contributed by atoms with van der Waals surface area (Å²) in [4.78, 5) is 8.43. The number of aryl methyl sites for hydroxylation is 1. The number of hydrogen-bond acceptors (Lipinski definition) is 4. The Morgan fingerprint density at radius 3 is 2.95 bits per heavy atom. The first kappa shape index (κ1) is 15.9. The van der Waals surface area contributed by atoms with Crippen LogP contribution in [0.1, 0.15) is 56.0 Å². The fourth-order valence-electron chi connectivity index (χ4n) is 3.19.